The molecule has 0 aromatic rings. The van der Waals surface area contributed by atoms with E-state index < -0.39 is 0 Å². The number of unbranched alkanes of at least 4 members (excludes halogenated alkanes) is 4. The van der Waals surface area contributed by atoms with Crippen molar-refractivity contribution in [1.29, 1.82) is 0 Å². The third kappa shape index (κ3) is 13.5. The Kier molecular flexibility index (Phi) is 14.9. The van der Waals surface area contributed by atoms with Gasteiger partial charge in [0.1, 0.15) is 3.53 Å². The van der Waals surface area contributed by atoms with Gasteiger partial charge in [0.05, 0.1) is 13.2 Å². The van der Waals surface area contributed by atoms with E-state index in [9.17, 15) is 0 Å². The van der Waals surface area contributed by atoms with Gasteiger partial charge in [0, 0.05) is 0 Å². The van der Waals surface area contributed by atoms with E-state index in [1.807, 2.05) is 0 Å². The average Bonchev–Trinajstić information content (AvgIpc) is 2.39. The molecule has 7 heteroatoms. The summed E-state index contributed by atoms with van der Waals surface area (Å²) in [6.45, 7) is 5.62. The van der Waals surface area contributed by atoms with Crippen LogP contribution in [0.1, 0.15) is 52.4 Å². The first-order chi connectivity index (χ1) is 9.60. The summed E-state index contributed by atoms with van der Waals surface area (Å²) in [6.07, 6.45) is 6.69. The molecule has 0 atom stereocenters. The number of rotatable bonds is 8. The lowest BCUT2D eigenvalue weighted by Crippen LogP contribution is -2.04. The number of hydrogen-bond donors (Lipinski definition) is 0. The van der Waals surface area contributed by atoms with Crippen LogP contribution in [-0.2, 0) is 9.47 Å². The van der Waals surface area contributed by atoms with E-state index in [2.05, 4.69) is 13.8 Å². The molecule has 2 nitrogen and oxygen atoms in total. The van der Waals surface area contributed by atoms with E-state index in [1.165, 1.54) is 36.4 Å². The summed E-state index contributed by atoms with van der Waals surface area (Å²) in [4.78, 5) is 0. The lowest BCUT2D eigenvalue weighted by Gasteiger charge is -2.08. The van der Waals surface area contributed by atoms with Crippen LogP contribution < -0.4 is 0 Å². The first-order valence-electron chi connectivity index (χ1n) is 6.83. The summed E-state index contributed by atoms with van der Waals surface area (Å²) >= 11 is 18.0. The van der Waals surface area contributed by atoms with Gasteiger partial charge in [-0.2, -0.15) is 0 Å². The maximum atomic E-state index is 5.42. The summed E-state index contributed by atoms with van der Waals surface area (Å²) in [5.74, 6) is 0. The fraction of sp³-hybridized carbons (Fsp3) is 0.769. The second-order valence-electron chi connectivity index (χ2n) is 4.07. The van der Waals surface area contributed by atoms with Crippen LogP contribution in [0.15, 0.2) is 0 Å². The fourth-order valence-corrected chi connectivity index (χ4v) is 4.16. The summed E-state index contributed by atoms with van der Waals surface area (Å²) in [5.41, 5.74) is 0. The molecule has 0 aromatic heterocycles. The molecule has 0 aromatic carbocycles. The first-order valence-corrected chi connectivity index (χ1v) is 9.69. The highest BCUT2D eigenvalue weighted by molar-refractivity contribution is 8.59. The van der Waals surface area contributed by atoms with Crippen LogP contribution in [0.4, 0.5) is 0 Å². The zero-order valence-corrected chi connectivity index (χ0v) is 16.1. The van der Waals surface area contributed by atoms with Gasteiger partial charge in [-0.25, -0.2) is 0 Å². The Labute approximate surface area is 147 Å². The van der Waals surface area contributed by atoms with Crippen LogP contribution in [0.25, 0.3) is 0 Å². The normalized spacial score (nSPS) is 10.1. The quantitative estimate of drug-likeness (QED) is 0.396. The largest absolute Gasteiger partial charge is 0.478 e. The standard InChI is InChI=1S/C13H22O2S5/c1-3-5-7-9-14-11(16)19-13(18)20-12(17)15-10-8-6-4-2/h3-10H2,1-2H3. The van der Waals surface area contributed by atoms with Crippen LogP contribution >= 0.6 is 60.2 Å². The van der Waals surface area contributed by atoms with Crippen LogP contribution in [-0.4, -0.2) is 25.5 Å². The van der Waals surface area contributed by atoms with Gasteiger partial charge in [0.2, 0.25) is 8.77 Å². The molecule has 0 N–H and O–H groups in total. The predicted molar refractivity (Wildman–Crippen MR) is 104 cm³/mol. The Hall–Kier alpha value is 0.570. The highest BCUT2D eigenvalue weighted by atomic mass is 32.2. The van der Waals surface area contributed by atoms with Gasteiger partial charge in [-0.1, -0.05) is 51.7 Å². The van der Waals surface area contributed by atoms with E-state index in [0.29, 0.717) is 25.5 Å². The zero-order valence-electron chi connectivity index (χ0n) is 12.0. The molecule has 0 aliphatic rings. The van der Waals surface area contributed by atoms with Crippen molar-refractivity contribution in [2.45, 2.75) is 52.4 Å². The summed E-state index contributed by atoms with van der Waals surface area (Å²) in [5, 5.41) is 0. The molecule has 0 rings (SSSR count). The highest BCUT2D eigenvalue weighted by Gasteiger charge is 2.09. The predicted octanol–water partition coefficient (Wildman–Crippen LogP) is 5.72. The number of thiocarbonyl (C=S) groups is 3. The topological polar surface area (TPSA) is 18.5 Å². The molecule has 0 fully saturated rings. The summed E-state index contributed by atoms with van der Waals surface area (Å²) < 4.78 is 12.4. The van der Waals surface area contributed by atoms with Crippen LogP contribution in [0, 0.1) is 0 Å². The number of thioether (sulfide) groups is 2. The van der Waals surface area contributed by atoms with Gasteiger partial charge in [-0.15, -0.1) is 0 Å². The van der Waals surface area contributed by atoms with Crippen LogP contribution in [0.2, 0.25) is 0 Å². The summed E-state index contributed by atoms with van der Waals surface area (Å²) in [6, 6.07) is 0. The minimum atomic E-state index is 0.465. The van der Waals surface area contributed by atoms with E-state index in [-0.39, 0.29) is 0 Å². The minimum Gasteiger partial charge on any atom is -0.478 e. The van der Waals surface area contributed by atoms with Crippen molar-refractivity contribution in [3.05, 3.63) is 0 Å². The molecular formula is C13H22O2S5. The van der Waals surface area contributed by atoms with E-state index in [1.54, 1.807) is 0 Å². The smallest absolute Gasteiger partial charge is 0.226 e. The Balaban J connectivity index is 3.64. The van der Waals surface area contributed by atoms with Crippen LogP contribution in [0.3, 0.4) is 0 Å². The molecule has 0 spiro atoms. The molecule has 0 amide bonds. The monoisotopic (exact) mass is 370 g/mol. The van der Waals surface area contributed by atoms with Gasteiger partial charge in [0.15, 0.2) is 0 Å². The first kappa shape index (κ1) is 20.6. The maximum Gasteiger partial charge on any atom is 0.226 e. The van der Waals surface area contributed by atoms with Crippen molar-refractivity contribution in [2.75, 3.05) is 13.2 Å². The lowest BCUT2D eigenvalue weighted by atomic mass is 10.3. The SMILES string of the molecule is CCCCCOC(=S)SC(=S)SC(=S)OCCCCC. The fourth-order valence-electron chi connectivity index (χ4n) is 1.23. The molecular weight excluding hydrogens is 348 g/mol. The molecule has 0 heterocycles. The second kappa shape index (κ2) is 14.5. The van der Waals surface area contributed by atoms with E-state index >= 15 is 0 Å². The van der Waals surface area contributed by atoms with Gasteiger partial charge >= 0.3 is 0 Å². The van der Waals surface area contributed by atoms with Gasteiger partial charge < -0.3 is 9.47 Å². The van der Waals surface area contributed by atoms with Gasteiger partial charge in [0.25, 0.3) is 0 Å². The Morgan fingerprint density at radius 1 is 0.750 bits per heavy atom. The van der Waals surface area contributed by atoms with Crippen molar-refractivity contribution < 1.29 is 9.47 Å². The Bertz CT molecular complexity index is 279. The average molecular weight is 371 g/mol. The Morgan fingerprint density at radius 3 is 1.50 bits per heavy atom. The van der Waals surface area contributed by atoms with Crippen molar-refractivity contribution in [2.24, 2.45) is 0 Å². The number of ether oxygens (including phenoxy) is 2. The molecule has 20 heavy (non-hydrogen) atoms. The molecule has 0 unspecified atom stereocenters. The van der Waals surface area contributed by atoms with E-state index in [0.717, 1.165) is 25.7 Å². The minimum absolute atomic E-state index is 0.465. The maximum absolute atomic E-state index is 5.42. The molecule has 0 aliphatic carbocycles. The zero-order chi connectivity index (χ0) is 15.2. The van der Waals surface area contributed by atoms with Gasteiger partial charge in [-0.05, 0) is 60.8 Å². The molecule has 116 valence electrons. The van der Waals surface area contributed by atoms with Crippen molar-refractivity contribution in [1.82, 2.24) is 0 Å². The number of hydrogen-bond acceptors (Lipinski definition) is 7. The molecule has 0 saturated carbocycles. The molecule has 0 radical (unpaired) electrons. The van der Waals surface area contributed by atoms with Gasteiger partial charge in [-0.3, -0.25) is 0 Å². The Morgan fingerprint density at radius 2 is 1.15 bits per heavy atom. The van der Waals surface area contributed by atoms with E-state index in [4.69, 9.17) is 46.1 Å². The third-order valence-electron chi connectivity index (χ3n) is 2.27. The second-order valence-corrected chi connectivity index (χ2v) is 8.47. The lowest BCUT2D eigenvalue weighted by molar-refractivity contribution is 0.310. The van der Waals surface area contributed by atoms with Crippen molar-refractivity contribution in [3.63, 3.8) is 0 Å². The summed E-state index contributed by atoms with van der Waals surface area (Å²) in [7, 11) is 0. The van der Waals surface area contributed by atoms with Crippen molar-refractivity contribution >= 4 is 72.5 Å². The van der Waals surface area contributed by atoms with Crippen molar-refractivity contribution in [3.8, 4) is 0 Å². The molecule has 0 aliphatic heterocycles. The van der Waals surface area contributed by atoms with Crippen LogP contribution in [0.5, 0.6) is 0 Å². The third-order valence-corrected chi connectivity index (χ3v) is 4.91. The molecule has 0 saturated heterocycles. The molecule has 0 bridgehead atoms. The highest BCUT2D eigenvalue weighted by Crippen LogP contribution is 2.22.